The predicted octanol–water partition coefficient (Wildman–Crippen LogP) is 3.96. The second-order valence-corrected chi connectivity index (χ2v) is 3.06. The molecule has 0 spiro atoms. The lowest BCUT2D eigenvalue weighted by atomic mass is 9.80. The standard InChI is InChI=1S/C7H4F9N/c8-5(9,10)4(2-1-3-17,6(11,12)13)7(14,15)16/h1-2H2. The predicted molar refractivity (Wildman–Crippen MR) is 35.4 cm³/mol. The molecule has 0 amide bonds. The topological polar surface area (TPSA) is 23.8 Å². The van der Waals surface area contributed by atoms with Crippen LogP contribution in [0.5, 0.6) is 0 Å². The number of hydrogen-bond donors (Lipinski definition) is 0. The molecule has 0 radical (unpaired) electrons. The molecule has 0 aliphatic carbocycles. The highest BCUT2D eigenvalue weighted by atomic mass is 19.4. The van der Waals surface area contributed by atoms with Crippen LogP contribution >= 0.6 is 0 Å². The number of rotatable bonds is 2. The van der Waals surface area contributed by atoms with E-state index in [1.165, 1.54) is 0 Å². The molecule has 0 saturated carbocycles. The third kappa shape index (κ3) is 2.58. The minimum Gasteiger partial charge on any atom is -0.198 e. The summed E-state index contributed by atoms with van der Waals surface area (Å²) >= 11 is 0. The lowest BCUT2D eigenvalue weighted by molar-refractivity contribution is -0.428. The summed E-state index contributed by atoms with van der Waals surface area (Å²) in [6.07, 6.45) is -23.6. The second kappa shape index (κ2) is 4.27. The fourth-order valence-electron chi connectivity index (χ4n) is 1.15. The van der Waals surface area contributed by atoms with Gasteiger partial charge in [-0.05, 0) is 6.42 Å². The first-order valence-corrected chi connectivity index (χ1v) is 3.88. The summed E-state index contributed by atoms with van der Waals surface area (Å²) in [5.74, 6) is 0. The van der Waals surface area contributed by atoms with E-state index in [1.54, 1.807) is 0 Å². The molecule has 0 fully saturated rings. The van der Waals surface area contributed by atoms with Crippen LogP contribution in [0.2, 0.25) is 0 Å². The van der Waals surface area contributed by atoms with Crippen molar-refractivity contribution in [2.24, 2.45) is 5.41 Å². The van der Waals surface area contributed by atoms with Crippen LogP contribution in [0.25, 0.3) is 0 Å². The van der Waals surface area contributed by atoms with Gasteiger partial charge in [0.1, 0.15) is 0 Å². The zero-order valence-corrected chi connectivity index (χ0v) is 7.76. The summed E-state index contributed by atoms with van der Waals surface area (Å²) < 4.78 is 109. The van der Waals surface area contributed by atoms with Gasteiger partial charge in [-0.3, -0.25) is 0 Å². The smallest absolute Gasteiger partial charge is 0.198 e. The summed E-state index contributed by atoms with van der Waals surface area (Å²) in [7, 11) is 0. The van der Waals surface area contributed by atoms with Crippen LogP contribution in [-0.2, 0) is 0 Å². The molecule has 100 valence electrons. The Hall–Kier alpha value is -1.14. The highest BCUT2D eigenvalue weighted by Gasteiger charge is 2.82. The molecule has 0 unspecified atom stereocenters. The van der Waals surface area contributed by atoms with Gasteiger partial charge in [-0.15, -0.1) is 0 Å². The summed E-state index contributed by atoms with van der Waals surface area (Å²) in [5, 5.41) is 7.87. The van der Waals surface area contributed by atoms with E-state index in [2.05, 4.69) is 0 Å². The first-order chi connectivity index (χ1) is 7.31. The Morgan fingerprint density at radius 3 is 1.18 bits per heavy atom. The van der Waals surface area contributed by atoms with E-state index in [4.69, 9.17) is 5.26 Å². The zero-order chi connectivity index (χ0) is 14.1. The minimum atomic E-state index is -6.57. The summed E-state index contributed by atoms with van der Waals surface area (Å²) in [6.45, 7) is 0. The van der Waals surface area contributed by atoms with Crippen LogP contribution in [-0.4, -0.2) is 18.5 Å². The normalized spacial score (nSPS) is 14.6. The Kier molecular flexibility index (Phi) is 3.98. The van der Waals surface area contributed by atoms with Crippen molar-refractivity contribution in [2.45, 2.75) is 31.4 Å². The Morgan fingerprint density at radius 2 is 1.00 bits per heavy atom. The highest BCUT2D eigenvalue weighted by Crippen LogP contribution is 2.61. The van der Waals surface area contributed by atoms with E-state index in [9.17, 15) is 39.5 Å². The van der Waals surface area contributed by atoms with E-state index in [-0.39, 0.29) is 0 Å². The van der Waals surface area contributed by atoms with Crippen molar-refractivity contribution in [3.63, 3.8) is 0 Å². The molecule has 0 aromatic carbocycles. The van der Waals surface area contributed by atoms with Crippen molar-refractivity contribution in [1.82, 2.24) is 0 Å². The van der Waals surface area contributed by atoms with Gasteiger partial charge in [0.25, 0.3) is 5.41 Å². The first-order valence-electron chi connectivity index (χ1n) is 3.88. The largest absolute Gasteiger partial charge is 0.412 e. The molecule has 0 aromatic rings. The van der Waals surface area contributed by atoms with Crippen molar-refractivity contribution < 1.29 is 39.5 Å². The Morgan fingerprint density at radius 1 is 0.706 bits per heavy atom. The summed E-state index contributed by atoms with van der Waals surface area (Å²) in [5.41, 5.74) is -5.86. The van der Waals surface area contributed by atoms with E-state index < -0.39 is 36.8 Å². The van der Waals surface area contributed by atoms with Crippen molar-refractivity contribution in [2.75, 3.05) is 0 Å². The SMILES string of the molecule is N#CCCC(C(F)(F)F)(C(F)(F)F)C(F)(F)F. The van der Waals surface area contributed by atoms with Gasteiger partial charge < -0.3 is 0 Å². The molecule has 0 N–H and O–H groups in total. The van der Waals surface area contributed by atoms with Gasteiger partial charge in [0.05, 0.1) is 6.07 Å². The molecule has 0 aromatic heterocycles. The van der Waals surface area contributed by atoms with Gasteiger partial charge in [0.2, 0.25) is 0 Å². The monoisotopic (exact) mass is 273 g/mol. The van der Waals surface area contributed by atoms with Gasteiger partial charge in [0.15, 0.2) is 0 Å². The number of alkyl halides is 9. The molecule has 0 aliphatic heterocycles. The number of halogens is 9. The van der Waals surface area contributed by atoms with Crippen LogP contribution in [0, 0.1) is 16.7 Å². The molecule has 0 heterocycles. The zero-order valence-electron chi connectivity index (χ0n) is 7.76. The number of nitrogens with zero attached hydrogens (tertiary/aromatic N) is 1. The van der Waals surface area contributed by atoms with E-state index in [0.29, 0.717) is 0 Å². The molecule has 10 heteroatoms. The lowest BCUT2D eigenvalue weighted by Crippen LogP contribution is -2.59. The third-order valence-corrected chi connectivity index (χ3v) is 2.06. The quantitative estimate of drug-likeness (QED) is 0.698. The molecule has 1 nitrogen and oxygen atoms in total. The Balaban J connectivity index is 5.85. The highest BCUT2D eigenvalue weighted by molar-refractivity contribution is 5.00. The Labute approximate surface area is 88.8 Å². The molecule has 0 aliphatic rings. The van der Waals surface area contributed by atoms with Crippen molar-refractivity contribution in [3.8, 4) is 6.07 Å². The van der Waals surface area contributed by atoms with E-state index >= 15 is 0 Å². The fraction of sp³-hybridized carbons (Fsp3) is 0.857. The summed E-state index contributed by atoms with van der Waals surface area (Å²) in [6, 6.07) is 0.839. The minimum absolute atomic E-state index is 0.839. The van der Waals surface area contributed by atoms with Crippen molar-refractivity contribution in [3.05, 3.63) is 0 Å². The molecule has 0 atom stereocenters. The molecular formula is C7H4F9N. The maximum absolute atomic E-state index is 12.1. The third-order valence-electron chi connectivity index (χ3n) is 2.06. The van der Waals surface area contributed by atoms with Gasteiger partial charge in [-0.2, -0.15) is 44.8 Å². The van der Waals surface area contributed by atoms with Crippen LogP contribution in [0.15, 0.2) is 0 Å². The molecule has 0 saturated heterocycles. The number of hydrogen-bond acceptors (Lipinski definition) is 1. The van der Waals surface area contributed by atoms with Crippen molar-refractivity contribution in [1.29, 1.82) is 5.26 Å². The average Bonchev–Trinajstić information content (AvgIpc) is 1.96. The van der Waals surface area contributed by atoms with Crippen LogP contribution < -0.4 is 0 Å². The second-order valence-electron chi connectivity index (χ2n) is 3.06. The fourth-order valence-corrected chi connectivity index (χ4v) is 1.15. The lowest BCUT2D eigenvalue weighted by Gasteiger charge is -2.38. The van der Waals surface area contributed by atoms with Crippen LogP contribution in [0.3, 0.4) is 0 Å². The summed E-state index contributed by atoms with van der Waals surface area (Å²) in [4.78, 5) is 0. The van der Waals surface area contributed by atoms with Gasteiger partial charge >= 0.3 is 18.5 Å². The van der Waals surface area contributed by atoms with Crippen molar-refractivity contribution >= 4 is 0 Å². The maximum Gasteiger partial charge on any atom is 0.412 e. The van der Waals surface area contributed by atoms with Gasteiger partial charge in [-0.1, -0.05) is 0 Å². The van der Waals surface area contributed by atoms with E-state index in [1.807, 2.05) is 0 Å². The van der Waals surface area contributed by atoms with E-state index in [0.717, 1.165) is 6.07 Å². The molecule has 0 rings (SSSR count). The molecule has 17 heavy (non-hydrogen) atoms. The van der Waals surface area contributed by atoms with Crippen LogP contribution in [0.4, 0.5) is 39.5 Å². The van der Waals surface area contributed by atoms with Gasteiger partial charge in [-0.25, -0.2) is 0 Å². The van der Waals surface area contributed by atoms with Crippen LogP contribution in [0.1, 0.15) is 12.8 Å². The molecule has 0 bridgehead atoms. The number of nitriles is 1. The van der Waals surface area contributed by atoms with Gasteiger partial charge in [0, 0.05) is 6.42 Å². The Bertz CT molecular complexity index is 265. The maximum atomic E-state index is 12.1. The average molecular weight is 273 g/mol. The first kappa shape index (κ1) is 15.9. The molecular weight excluding hydrogens is 269 g/mol.